The lowest BCUT2D eigenvalue weighted by molar-refractivity contribution is -0.127. The van der Waals surface area contributed by atoms with E-state index in [-0.39, 0.29) is 30.2 Å². The summed E-state index contributed by atoms with van der Waals surface area (Å²) in [4.78, 5) is 28.5. The Hall–Kier alpha value is -2.67. The second kappa shape index (κ2) is 7.63. The molecule has 0 aliphatic carbocycles. The average molecular weight is 410 g/mol. The van der Waals surface area contributed by atoms with Crippen molar-refractivity contribution in [3.63, 3.8) is 0 Å². The number of ether oxygens (including phenoxy) is 2. The Balaban J connectivity index is 1.29. The first-order valence-corrected chi connectivity index (χ1v) is 10.9. The molecule has 1 N–H and O–H groups in total. The third-order valence-electron chi connectivity index (χ3n) is 5.61. The lowest BCUT2D eigenvalue weighted by Gasteiger charge is -2.27. The normalized spacial score (nSPS) is 22.9. The molecule has 2 amide bonds. The van der Waals surface area contributed by atoms with Crippen LogP contribution < -0.4 is 19.7 Å². The first kappa shape index (κ1) is 18.4. The highest BCUT2D eigenvalue weighted by atomic mass is 32.2. The van der Waals surface area contributed by atoms with Gasteiger partial charge in [0.15, 0.2) is 11.5 Å². The van der Waals surface area contributed by atoms with Crippen molar-refractivity contribution >= 4 is 29.3 Å². The van der Waals surface area contributed by atoms with Crippen LogP contribution in [0.2, 0.25) is 0 Å². The topological polar surface area (TPSA) is 67.9 Å². The zero-order valence-corrected chi connectivity index (χ0v) is 16.7. The molecule has 0 bridgehead atoms. The van der Waals surface area contributed by atoms with Gasteiger partial charge in [-0.05, 0) is 30.2 Å². The number of nitrogens with zero attached hydrogens (tertiary/aromatic N) is 1. The van der Waals surface area contributed by atoms with Gasteiger partial charge in [0.05, 0.1) is 12.0 Å². The highest BCUT2D eigenvalue weighted by Crippen LogP contribution is 2.38. The van der Waals surface area contributed by atoms with Crippen LogP contribution in [0, 0.1) is 5.92 Å². The van der Waals surface area contributed by atoms with Gasteiger partial charge < -0.3 is 19.7 Å². The molecule has 2 unspecified atom stereocenters. The smallest absolute Gasteiger partial charge is 0.227 e. The predicted molar refractivity (Wildman–Crippen MR) is 111 cm³/mol. The van der Waals surface area contributed by atoms with Crippen LogP contribution in [0.3, 0.4) is 0 Å². The number of hydrogen-bond donors (Lipinski definition) is 1. The average Bonchev–Trinajstić information content (AvgIpc) is 3.15. The van der Waals surface area contributed by atoms with Crippen molar-refractivity contribution in [3.05, 3.63) is 48.0 Å². The van der Waals surface area contributed by atoms with Crippen LogP contribution >= 0.6 is 11.8 Å². The lowest BCUT2D eigenvalue weighted by atomic mass is 10.0. The number of carbonyl (C=O) groups is 2. The number of rotatable bonds is 3. The summed E-state index contributed by atoms with van der Waals surface area (Å²) in [5, 5.41) is 3.18. The van der Waals surface area contributed by atoms with Gasteiger partial charge in [0, 0.05) is 35.4 Å². The molecule has 6 nitrogen and oxygen atoms in total. The van der Waals surface area contributed by atoms with Crippen molar-refractivity contribution in [2.75, 3.05) is 30.4 Å². The van der Waals surface area contributed by atoms with Crippen LogP contribution in [0.5, 0.6) is 11.5 Å². The number of fused-ring (bicyclic) bond motifs is 2. The van der Waals surface area contributed by atoms with Gasteiger partial charge in [-0.15, -0.1) is 11.8 Å². The molecule has 0 radical (unpaired) electrons. The van der Waals surface area contributed by atoms with Crippen molar-refractivity contribution in [2.45, 2.75) is 23.8 Å². The molecule has 0 aromatic heterocycles. The van der Waals surface area contributed by atoms with Gasteiger partial charge in [-0.25, -0.2) is 0 Å². The molecule has 2 aromatic carbocycles. The van der Waals surface area contributed by atoms with Gasteiger partial charge in [-0.2, -0.15) is 0 Å². The maximum Gasteiger partial charge on any atom is 0.227 e. The minimum atomic E-state index is -0.350. The Morgan fingerprint density at radius 2 is 1.93 bits per heavy atom. The maximum atomic E-state index is 12.9. The second-order valence-electron chi connectivity index (χ2n) is 7.47. The van der Waals surface area contributed by atoms with E-state index >= 15 is 0 Å². The molecule has 3 aliphatic heterocycles. The Morgan fingerprint density at radius 1 is 1.10 bits per heavy atom. The summed E-state index contributed by atoms with van der Waals surface area (Å²) in [5.41, 5.74) is 1.92. The van der Waals surface area contributed by atoms with Crippen LogP contribution in [0.25, 0.3) is 0 Å². The maximum absolute atomic E-state index is 12.9. The van der Waals surface area contributed by atoms with Crippen LogP contribution in [-0.2, 0) is 9.59 Å². The van der Waals surface area contributed by atoms with E-state index in [0.29, 0.717) is 31.3 Å². The third-order valence-corrected chi connectivity index (χ3v) is 6.73. The van der Waals surface area contributed by atoms with E-state index in [4.69, 9.17) is 9.47 Å². The Labute approximate surface area is 173 Å². The summed E-state index contributed by atoms with van der Waals surface area (Å²) in [5.74, 6) is 1.87. The molecule has 2 aromatic rings. The zero-order chi connectivity index (χ0) is 19.8. The molecule has 3 aliphatic rings. The Bertz CT molecular complexity index is 964. The highest BCUT2D eigenvalue weighted by molar-refractivity contribution is 7.99. The molecular formula is C22H22N2O4S. The summed E-state index contributed by atoms with van der Waals surface area (Å²) >= 11 is 1.83. The summed E-state index contributed by atoms with van der Waals surface area (Å²) in [7, 11) is 0. The number of benzene rings is 2. The van der Waals surface area contributed by atoms with Gasteiger partial charge in [-0.3, -0.25) is 9.59 Å². The van der Waals surface area contributed by atoms with E-state index < -0.39 is 0 Å². The van der Waals surface area contributed by atoms with E-state index in [1.54, 1.807) is 4.90 Å². The highest BCUT2D eigenvalue weighted by Gasteiger charge is 2.36. The first-order valence-electron chi connectivity index (χ1n) is 9.91. The minimum Gasteiger partial charge on any atom is -0.486 e. The number of amides is 2. The fraction of sp³-hybridized carbons (Fsp3) is 0.364. The van der Waals surface area contributed by atoms with E-state index in [1.807, 2.05) is 42.1 Å². The third kappa shape index (κ3) is 3.55. The minimum absolute atomic E-state index is 0.0124. The second-order valence-corrected chi connectivity index (χ2v) is 8.61. The van der Waals surface area contributed by atoms with Crippen LogP contribution in [-0.4, -0.2) is 37.3 Å². The van der Waals surface area contributed by atoms with Crippen molar-refractivity contribution in [3.8, 4) is 11.5 Å². The van der Waals surface area contributed by atoms with Gasteiger partial charge in [0.2, 0.25) is 11.8 Å². The molecule has 2 atom stereocenters. The van der Waals surface area contributed by atoms with Crippen molar-refractivity contribution < 1.29 is 19.1 Å². The molecule has 0 spiro atoms. The Morgan fingerprint density at radius 3 is 2.83 bits per heavy atom. The van der Waals surface area contributed by atoms with Gasteiger partial charge in [0.25, 0.3) is 0 Å². The van der Waals surface area contributed by atoms with E-state index in [2.05, 4.69) is 17.4 Å². The van der Waals surface area contributed by atoms with Crippen LogP contribution in [0.1, 0.15) is 24.4 Å². The largest absolute Gasteiger partial charge is 0.486 e. The quantitative estimate of drug-likeness (QED) is 0.842. The molecule has 1 saturated heterocycles. The molecule has 5 rings (SSSR count). The van der Waals surface area contributed by atoms with Gasteiger partial charge >= 0.3 is 0 Å². The van der Waals surface area contributed by atoms with E-state index in [9.17, 15) is 9.59 Å². The first-order chi connectivity index (χ1) is 14.2. The molecule has 29 heavy (non-hydrogen) atoms. The van der Waals surface area contributed by atoms with Crippen molar-refractivity contribution in [2.24, 2.45) is 5.92 Å². The zero-order valence-electron chi connectivity index (χ0n) is 15.9. The predicted octanol–water partition coefficient (Wildman–Crippen LogP) is 3.16. The molecule has 7 heteroatoms. The molecule has 0 saturated carbocycles. The van der Waals surface area contributed by atoms with E-state index in [0.717, 1.165) is 17.9 Å². The molecule has 150 valence electrons. The summed E-state index contributed by atoms with van der Waals surface area (Å²) in [6.45, 7) is 1.41. The van der Waals surface area contributed by atoms with Crippen LogP contribution in [0.15, 0.2) is 47.4 Å². The summed E-state index contributed by atoms with van der Waals surface area (Å²) < 4.78 is 11.2. The number of hydrogen-bond acceptors (Lipinski definition) is 5. The molecular weight excluding hydrogens is 388 g/mol. The number of anilines is 1. The number of thioether (sulfide) groups is 1. The lowest BCUT2D eigenvalue weighted by Crippen LogP contribution is -2.36. The fourth-order valence-electron chi connectivity index (χ4n) is 4.11. The van der Waals surface area contributed by atoms with Gasteiger partial charge in [-0.1, -0.05) is 18.2 Å². The standard InChI is InChI=1S/C22H22N2O4S/c25-21-11-14(13-24(21)15-5-6-18-19(12-15)28-9-8-27-18)22(26)23-17-7-10-29-20-4-2-1-3-16(17)20/h1-6,12,14,17H,7-11,13H2,(H,23,26). The fourth-order valence-corrected chi connectivity index (χ4v) is 5.24. The number of nitrogens with one attached hydrogen (secondary N) is 1. The van der Waals surface area contributed by atoms with Gasteiger partial charge in [0.1, 0.15) is 13.2 Å². The van der Waals surface area contributed by atoms with Crippen molar-refractivity contribution in [1.29, 1.82) is 0 Å². The number of carbonyl (C=O) groups excluding carboxylic acids is 2. The summed E-state index contributed by atoms with van der Waals surface area (Å²) in [6, 6.07) is 13.7. The van der Waals surface area contributed by atoms with E-state index in [1.165, 1.54) is 10.5 Å². The summed E-state index contributed by atoms with van der Waals surface area (Å²) in [6.07, 6.45) is 1.13. The van der Waals surface area contributed by atoms with Crippen LogP contribution in [0.4, 0.5) is 5.69 Å². The SMILES string of the molecule is O=C(NC1CCSc2ccccc21)C1CC(=O)N(c2ccc3c(c2)OCCO3)C1. The monoisotopic (exact) mass is 410 g/mol. The molecule has 3 heterocycles. The Kier molecular flexibility index (Phi) is 4.83. The van der Waals surface area contributed by atoms with Crippen molar-refractivity contribution in [1.82, 2.24) is 5.32 Å². The molecule has 1 fully saturated rings.